The Balaban J connectivity index is 1.33. The lowest BCUT2D eigenvalue weighted by Crippen LogP contribution is -2.46. The molecule has 1 aromatic heterocycles. The molecular formula is C23H27N3O5S. The van der Waals surface area contributed by atoms with E-state index in [-0.39, 0.29) is 23.1 Å². The molecule has 9 heteroatoms. The molecule has 1 fully saturated rings. The fourth-order valence-corrected chi connectivity index (χ4v) is 5.96. The van der Waals surface area contributed by atoms with E-state index in [0.29, 0.717) is 38.2 Å². The Bertz CT molecular complexity index is 1200. The maximum Gasteiger partial charge on any atom is 0.248 e. The van der Waals surface area contributed by atoms with Gasteiger partial charge in [0.25, 0.3) is 0 Å². The van der Waals surface area contributed by atoms with Gasteiger partial charge in [-0.2, -0.15) is 4.31 Å². The molecule has 8 nitrogen and oxygen atoms in total. The summed E-state index contributed by atoms with van der Waals surface area (Å²) in [6, 6.07) is 13.8. The van der Waals surface area contributed by atoms with Crippen molar-refractivity contribution >= 4 is 26.7 Å². The summed E-state index contributed by atoms with van der Waals surface area (Å²) in [5.41, 5.74) is 0.333. The zero-order chi connectivity index (χ0) is 22.7. The Morgan fingerprint density at radius 1 is 1.22 bits per heavy atom. The monoisotopic (exact) mass is 457 g/mol. The molecule has 4 rings (SSSR count). The van der Waals surface area contributed by atoms with Gasteiger partial charge in [-0.1, -0.05) is 41.6 Å². The Hall–Kier alpha value is -2.91. The van der Waals surface area contributed by atoms with E-state index in [1.807, 2.05) is 42.5 Å². The molecule has 0 spiro atoms. The second kappa shape index (κ2) is 9.30. The molecule has 0 aliphatic carbocycles. The van der Waals surface area contributed by atoms with Crippen molar-refractivity contribution in [1.82, 2.24) is 14.8 Å². The van der Waals surface area contributed by atoms with Crippen LogP contribution in [0.3, 0.4) is 0 Å². The van der Waals surface area contributed by atoms with Crippen LogP contribution < -0.4 is 10.1 Å². The van der Waals surface area contributed by atoms with E-state index >= 15 is 0 Å². The minimum atomic E-state index is -3.76. The van der Waals surface area contributed by atoms with Gasteiger partial charge in [-0.3, -0.25) is 4.79 Å². The van der Waals surface area contributed by atoms with Gasteiger partial charge in [-0.15, -0.1) is 0 Å². The van der Waals surface area contributed by atoms with Crippen LogP contribution in [0.15, 0.2) is 51.9 Å². The Labute approximate surface area is 187 Å². The molecule has 1 aliphatic heterocycles. The summed E-state index contributed by atoms with van der Waals surface area (Å²) in [7, 11) is -3.76. The number of nitrogens with one attached hydrogen (secondary N) is 1. The highest BCUT2D eigenvalue weighted by Gasteiger charge is 2.36. The third-order valence-corrected chi connectivity index (χ3v) is 7.84. The number of fused-ring (bicyclic) bond motifs is 1. The van der Waals surface area contributed by atoms with E-state index in [0.717, 1.165) is 16.5 Å². The second-order valence-corrected chi connectivity index (χ2v) is 9.85. The normalized spacial score (nSPS) is 17.4. The number of carbonyl (C=O) groups excluding carboxylic acids is 1. The standard InChI is InChI=1S/C23H27N3O5S/c1-16-22(17(2)31-25-16)32(28,29)26-13-6-9-19(15-26)23(27)24-12-14-30-21-11-5-8-18-7-3-4-10-20(18)21/h3-5,7-8,10-11,19H,6,9,12-15H2,1-2H3,(H,24,27). The lowest BCUT2D eigenvalue weighted by Gasteiger charge is -2.31. The summed E-state index contributed by atoms with van der Waals surface area (Å²) >= 11 is 0. The third-order valence-electron chi connectivity index (χ3n) is 5.73. The van der Waals surface area contributed by atoms with E-state index in [1.165, 1.54) is 4.31 Å². The topological polar surface area (TPSA) is 102 Å². The first kappa shape index (κ1) is 22.3. The highest BCUT2D eigenvalue weighted by molar-refractivity contribution is 7.89. The number of piperidine rings is 1. The van der Waals surface area contributed by atoms with Crippen LogP contribution in [0, 0.1) is 19.8 Å². The van der Waals surface area contributed by atoms with E-state index in [9.17, 15) is 13.2 Å². The van der Waals surface area contributed by atoms with Crippen molar-refractivity contribution in [3.8, 4) is 5.75 Å². The molecule has 2 heterocycles. The molecule has 32 heavy (non-hydrogen) atoms. The smallest absolute Gasteiger partial charge is 0.248 e. The number of benzene rings is 2. The van der Waals surface area contributed by atoms with Gasteiger partial charge in [0.2, 0.25) is 15.9 Å². The number of sulfonamides is 1. The largest absolute Gasteiger partial charge is 0.491 e. The van der Waals surface area contributed by atoms with Gasteiger partial charge in [0, 0.05) is 18.5 Å². The van der Waals surface area contributed by atoms with E-state index in [4.69, 9.17) is 9.26 Å². The maximum atomic E-state index is 13.1. The number of nitrogens with zero attached hydrogens (tertiary/aromatic N) is 2. The average Bonchev–Trinajstić information content (AvgIpc) is 3.15. The van der Waals surface area contributed by atoms with Crippen molar-refractivity contribution in [2.75, 3.05) is 26.2 Å². The van der Waals surface area contributed by atoms with Crippen LogP contribution in [-0.2, 0) is 14.8 Å². The molecule has 1 aliphatic rings. The quantitative estimate of drug-likeness (QED) is 0.547. The number of carbonyl (C=O) groups is 1. The Morgan fingerprint density at radius 3 is 2.78 bits per heavy atom. The number of hydrogen-bond donors (Lipinski definition) is 1. The zero-order valence-electron chi connectivity index (χ0n) is 18.2. The van der Waals surface area contributed by atoms with Gasteiger partial charge in [0.15, 0.2) is 5.76 Å². The number of aryl methyl sites for hydroxylation is 2. The van der Waals surface area contributed by atoms with Crippen LogP contribution in [0.5, 0.6) is 5.75 Å². The van der Waals surface area contributed by atoms with Crippen molar-refractivity contribution in [1.29, 1.82) is 0 Å². The van der Waals surface area contributed by atoms with Crippen LogP contribution in [0.25, 0.3) is 10.8 Å². The highest BCUT2D eigenvalue weighted by Crippen LogP contribution is 2.28. The summed E-state index contributed by atoms with van der Waals surface area (Å²) in [5.74, 6) is 0.466. The van der Waals surface area contributed by atoms with Crippen molar-refractivity contribution < 1.29 is 22.5 Å². The summed E-state index contributed by atoms with van der Waals surface area (Å²) in [6.45, 7) is 4.37. The molecule has 1 N–H and O–H groups in total. The third kappa shape index (κ3) is 4.49. The van der Waals surface area contributed by atoms with Crippen LogP contribution in [0.4, 0.5) is 0 Å². The van der Waals surface area contributed by atoms with Crippen molar-refractivity contribution in [2.24, 2.45) is 5.92 Å². The van der Waals surface area contributed by atoms with Crippen molar-refractivity contribution in [3.05, 3.63) is 53.9 Å². The summed E-state index contributed by atoms with van der Waals surface area (Å²) in [5, 5.41) is 8.75. The molecule has 1 atom stereocenters. The van der Waals surface area contributed by atoms with Crippen molar-refractivity contribution in [3.63, 3.8) is 0 Å². The number of rotatable bonds is 7. The number of aromatic nitrogens is 1. The number of ether oxygens (including phenoxy) is 1. The minimum Gasteiger partial charge on any atom is -0.491 e. The lowest BCUT2D eigenvalue weighted by atomic mass is 9.99. The van der Waals surface area contributed by atoms with E-state index < -0.39 is 15.9 Å². The number of hydrogen-bond acceptors (Lipinski definition) is 6. The zero-order valence-corrected chi connectivity index (χ0v) is 19.0. The SMILES string of the molecule is Cc1noc(C)c1S(=O)(=O)N1CCCC(C(=O)NCCOc2cccc3ccccc23)C1. The van der Waals surface area contributed by atoms with E-state index in [2.05, 4.69) is 10.5 Å². The first-order chi connectivity index (χ1) is 15.4. The lowest BCUT2D eigenvalue weighted by molar-refractivity contribution is -0.126. The molecule has 1 unspecified atom stereocenters. The highest BCUT2D eigenvalue weighted by atomic mass is 32.2. The van der Waals surface area contributed by atoms with Crippen LogP contribution >= 0.6 is 0 Å². The molecule has 0 bridgehead atoms. The molecule has 0 radical (unpaired) electrons. The van der Waals surface area contributed by atoms with Crippen LogP contribution in [0.2, 0.25) is 0 Å². The van der Waals surface area contributed by atoms with Gasteiger partial charge < -0.3 is 14.6 Å². The first-order valence-corrected chi connectivity index (χ1v) is 12.1. The van der Waals surface area contributed by atoms with Gasteiger partial charge in [0.05, 0.1) is 12.5 Å². The number of amides is 1. The Kier molecular flexibility index (Phi) is 6.48. The molecule has 3 aromatic rings. The molecule has 0 saturated carbocycles. The predicted molar refractivity (Wildman–Crippen MR) is 120 cm³/mol. The van der Waals surface area contributed by atoms with Gasteiger partial charge in [-0.05, 0) is 38.1 Å². The maximum absolute atomic E-state index is 13.1. The minimum absolute atomic E-state index is 0.0991. The molecule has 2 aromatic carbocycles. The predicted octanol–water partition coefficient (Wildman–Crippen LogP) is 3.04. The van der Waals surface area contributed by atoms with Gasteiger partial charge in [-0.25, -0.2) is 8.42 Å². The van der Waals surface area contributed by atoms with Crippen LogP contribution in [-0.4, -0.2) is 50.0 Å². The Morgan fingerprint density at radius 2 is 2.00 bits per heavy atom. The molecule has 170 valence electrons. The summed E-state index contributed by atoms with van der Waals surface area (Å²) in [6.07, 6.45) is 1.26. The first-order valence-electron chi connectivity index (χ1n) is 10.7. The second-order valence-electron chi connectivity index (χ2n) is 7.97. The molecule has 1 saturated heterocycles. The average molecular weight is 458 g/mol. The van der Waals surface area contributed by atoms with Gasteiger partial charge >= 0.3 is 0 Å². The van der Waals surface area contributed by atoms with Gasteiger partial charge in [0.1, 0.15) is 22.9 Å². The fraction of sp³-hybridized carbons (Fsp3) is 0.391. The van der Waals surface area contributed by atoms with E-state index in [1.54, 1.807) is 13.8 Å². The molecular weight excluding hydrogens is 430 g/mol. The summed E-state index contributed by atoms with van der Waals surface area (Å²) < 4.78 is 38.4. The van der Waals surface area contributed by atoms with Crippen LogP contribution in [0.1, 0.15) is 24.3 Å². The van der Waals surface area contributed by atoms with Crippen molar-refractivity contribution in [2.45, 2.75) is 31.6 Å². The fourth-order valence-electron chi connectivity index (χ4n) is 4.15. The molecule has 1 amide bonds. The summed E-state index contributed by atoms with van der Waals surface area (Å²) in [4.78, 5) is 12.8.